The van der Waals surface area contributed by atoms with Gasteiger partial charge in [0, 0.05) is 6.61 Å². The molecule has 0 aliphatic rings. The van der Waals surface area contributed by atoms with E-state index in [2.05, 4.69) is 0 Å². The van der Waals surface area contributed by atoms with Gasteiger partial charge in [-0.15, -0.1) is 0 Å². The standard InChI is InChI=1S/C10H14O4/c11-6-2-1-4-8(12)10(13)9-5-3-7-14-9/h3,5,7-8,11-12H,1-2,4,6H2. The number of hydrogen-bond acceptors (Lipinski definition) is 4. The molecule has 0 amide bonds. The highest BCUT2D eigenvalue weighted by molar-refractivity contribution is 5.96. The van der Waals surface area contributed by atoms with Crippen LogP contribution < -0.4 is 0 Å². The molecule has 1 aromatic heterocycles. The zero-order valence-corrected chi connectivity index (χ0v) is 7.85. The third-order valence-electron chi connectivity index (χ3n) is 1.95. The second-order valence-corrected chi connectivity index (χ2v) is 3.08. The van der Waals surface area contributed by atoms with Crippen molar-refractivity contribution in [2.45, 2.75) is 25.4 Å². The molecule has 4 nitrogen and oxygen atoms in total. The molecular weight excluding hydrogens is 184 g/mol. The lowest BCUT2D eigenvalue weighted by Gasteiger charge is -2.06. The molecule has 0 aliphatic heterocycles. The van der Waals surface area contributed by atoms with Crippen molar-refractivity contribution >= 4 is 5.78 Å². The van der Waals surface area contributed by atoms with Gasteiger partial charge in [-0.25, -0.2) is 0 Å². The first-order valence-electron chi connectivity index (χ1n) is 4.62. The van der Waals surface area contributed by atoms with Crippen LogP contribution in [0.15, 0.2) is 22.8 Å². The summed E-state index contributed by atoms with van der Waals surface area (Å²) in [6.45, 7) is 0.0850. The smallest absolute Gasteiger partial charge is 0.226 e. The van der Waals surface area contributed by atoms with Crippen LogP contribution in [0.3, 0.4) is 0 Å². The Morgan fingerprint density at radius 2 is 2.29 bits per heavy atom. The van der Waals surface area contributed by atoms with Gasteiger partial charge in [-0.2, -0.15) is 0 Å². The fourth-order valence-electron chi connectivity index (χ4n) is 1.16. The first-order valence-corrected chi connectivity index (χ1v) is 4.62. The number of carbonyl (C=O) groups is 1. The number of aliphatic hydroxyl groups is 2. The number of rotatable bonds is 6. The highest BCUT2D eigenvalue weighted by Gasteiger charge is 2.18. The molecule has 4 heteroatoms. The van der Waals surface area contributed by atoms with E-state index >= 15 is 0 Å². The summed E-state index contributed by atoms with van der Waals surface area (Å²) in [5.41, 5.74) is 0. The molecule has 78 valence electrons. The van der Waals surface area contributed by atoms with Crippen LogP contribution in [-0.4, -0.2) is 28.7 Å². The topological polar surface area (TPSA) is 70.7 Å². The third kappa shape index (κ3) is 2.97. The van der Waals surface area contributed by atoms with Gasteiger partial charge in [0.15, 0.2) is 5.76 Å². The quantitative estimate of drug-likeness (QED) is 0.528. The molecule has 0 saturated carbocycles. The Kier molecular flexibility index (Phi) is 4.35. The monoisotopic (exact) mass is 198 g/mol. The first kappa shape index (κ1) is 10.9. The third-order valence-corrected chi connectivity index (χ3v) is 1.95. The fraction of sp³-hybridized carbons (Fsp3) is 0.500. The van der Waals surface area contributed by atoms with E-state index in [1.165, 1.54) is 12.3 Å². The van der Waals surface area contributed by atoms with Crippen LogP contribution >= 0.6 is 0 Å². The molecule has 0 fully saturated rings. The van der Waals surface area contributed by atoms with Crippen LogP contribution in [0, 0.1) is 0 Å². The van der Waals surface area contributed by atoms with Gasteiger partial charge in [-0.3, -0.25) is 4.79 Å². The van der Waals surface area contributed by atoms with E-state index in [9.17, 15) is 9.90 Å². The summed E-state index contributed by atoms with van der Waals surface area (Å²) in [5.74, 6) is -0.213. The van der Waals surface area contributed by atoms with Gasteiger partial charge < -0.3 is 14.6 Å². The Hall–Kier alpha value is -1.13. The largest absolute Gasteiger partial charge is 0.461 e. The zero-order chi connectivity index (χ0) is 10.4. The molecule has 0 bridgehead atoms. The molecule has 0 radical (unpaired) electrons. The van der Waals surface area contributed by atoms with Crippen LogP contribution in [0.25, 0.3) is 0 Å². The number of Topliss-reactive ketones (excluding diaryl/α,β-unsaturated/α-hetero) is 1. The Labute approximate surface area is 82.2 Å². The van der Waals surface area contributed by atoms with Gasteiger partial charge in [0.05, 0.1) is 6.26 Å². The second-order valence-electron chi connectivity index (χ2n) is 3.08. The van der Waals surface area contributed by atoms with Gasteiger partial charge >= 0.3 is 0 Å². The average molecular weight is 198 g/mol. The summed E-state index contributed by atoms with van der Waals surface area (Å²) in [6, 6.07) is 3.13. The maximum Gasteiger partial charge on any atom is 0.226 e. The lowest BCUT2D eigenvalue weighted by molar-refractivity contribution is 0.0692. The number of carbonyl (C=O) groups excluding carboxylic acids is 1. The molecule has 0 aliphatic carbocycles. The van der Waals surface area contributed by atoms with E-state index in [4.69, 9.17) is 9.52 Å². The summed E-state index contributed by atoms with van der Waals surface area (Å²) in [6.07, 6.45) is 1.97. The fourth-order valence-corrected chi connectivity index (χ4v) is 1.16. The Bertz CT molecular complexity index is 266. The Morgan fingerprint density at radius 3 is 2.86 bits per heavy atom. The average Bonchev–Trinajstić information content (AvgIpc) is 2.69. The molecule has 1 atom stereocenters. The molecule has 1 aromatic rings. The van der Waals surface area contributed by atoms with Gasteiger partial charge in [0.1, 0.15) is 6.10 Å². The van der Waals surface area contributed by atoms with E-state index in [1.54, 1.807) is 6.07 Å². The van der Waals surface area contributed by atoms with Crippen molar-refractivity contribution in [3.05, 3.63) is 24.2 Å². The minimum atomic E-state index is -1.02. The lowest BCUT2D eigenvalue weighted by Crippen LogP contribution is -2.19. The minimum absolute atomic E-state index is 0.0850. The molecule has 0 spiro atoms. The summed E-state index contributed by atoms with van der Waals surface area (Å²) >= 11 is 0. The summed E-state index contributed by atoms with van der Waals surface area (Å²) in [7, 11) is 0. The molecule has 0 aromatic carbocycles. The van der Waals surface area contributed by atoms with Crippen LogP contribution in [-0.2, 0) is 0 Å². The van der Waals surface area contributed by atoms with Crippen molar-refractivity contribution in [3.63, 3.8) is 0 Å². The summed E-state index contributed by atoms with van der Waals surface area (Å²) in [5, 5.41) is 17.9. The van der Waals surface area contributed by atoms with Gasteiger partial charge in [-0.05, 0) is 31.4 Å². The van der Waals surface area contributed by atoms with Crippen molar-refractivity contribution in [1.29, 1.82) is 0 Å². The predicted octanol–water partition coefficient (Wildman–Crippen LogP) is 0.986. The van der Waals surface area contributed by atoms with Crippen LogP contribution in [0.5, 0.6) is 0 Å². The maximum absolute atomic E-state index is 11.4. The van der Waals surface area contributed by atoms with Crippen molar-refractivity contribution in [2.75, 3.05) is 6.61 Å². The van der Waals surface area contributed by atoms with Crippen LogP contribution in [0.2, 0.25) is 0 Å². The van der Waals surface area contributed by atoms with E-state index in [0.29, 0.717) is 19.3 Å². The zero-order valence-electron chi connectivity index (χ0n) is 7.85. The number of furan rings is 1. The van der Waals surface area contributed by atoms with Crippen molar-refractivity contribution < 1.29 is 19.4 Å². The van der Waals surface area contributed by atoms with Crippen molar-refractivity contribution in [1.82, 2.24) is 0 Å². The highest BCUT2D eigenvalue weighted by atomic mass is 16.3. The number of ketones is 1. The maximum atomic E-state index is 11.4. The molecule has 1 unspecified atom stereocenters. The highest BCUT2D eigenvalue weighted by Crippen LogP contribution is 2.09. The Morgan fingerprint density at radius 1 is 1.50 bits per heavy atom. The molecule has 14 heavy (non-hydrogen) atoms. The van der Waals surface area contributed by atoms with E-state index in [-0.39, 0.29) is 12.4 Å². The lowest BCUT2D eigenvalue weighted by atomic mass is 10.1. The molecule has 1 heterocycles. The minimum Gasteiger partial charge on any atom is -0.461 e. The van der Waals surface area contributed by atoms with Crippen LogP contribution in [0.4, 0.5) is 0 Å². The Balaban J connectivity index is 2.37. The van der Waals surface area contributed by atoms with Crippen molar-refractivity contribution in [3.8, 4) is 0 Å². The predicted molar refractivity (Wildman–Crippen MR) is 50.0 cm³/mol. The normalized spacial score (nSPS) is 12.7. The number of unbranched alkanes of at least 4 members (excludes halogenated alkanes) is 1. The molecular formula is C10H14O4. The summed E-state index contributed by atoms with van der Waals surface area (Å²) < 4.78 is 4.86. The van der Waals surface area contributed by atoms with Gasteiger partial charge in [0.2, 0.25) is 5.78 Å². The molecule has 0 saturated heterocycles. The van der Waals surface area contributed by atoms with Crippen LogP contribution in [0.1, 0.15) is 29.8 Å². The number of hydrogen-bond donors (Lipinski definition) is 2. The van der Waals surface area contributed by atoms with E-state index < -0.39 is 11.9 Å². The molecule has 2 N–H and O–H groups in total. The number of aliphatic hydroxyl groups excluding tert-OH is 2. The second kappa shape index (κ2) is 5.57. The molecule has 1 rings (SSSR count). The van der Waals surface area contributed by atoms with E-state index in [0.717, 1.165) is 0 Å². The van der Waals surface area contributed by atoms with Gasteiger partial charge in [0.25, 0.3) is 0 Å². The van der Waals surface area contributed by atoms with Crippen molar-refractivity contribution in [2.24, 2.45) is 0 Å². The first-order chi connectivity index (χ1) is 6.75. The van der Waals surface area contributed by atoms with Gasteiger partial charge in [-0.1, -0.05) is 0 Å². The van der Waals surface area contributed by atoms with E-state index in [1.807, 2.05) is 0 Å². The SMILES string of the molecule is O=C(c1ccco1)C(O)CCCCO. The summed E-state index contributed by atoms with van der Waals surface area (Å²) in [4.78, 5) is 11.4.